The van der Waals surface area contributed by atoms with Gasteiger partial charge in [0.15, 0.2) is 0 Å². The minimum atomic E-state index is 0.284. The zero-order valence-corrected chi connectivity index (χ0v) is 14.6. The van der Waals surface area contributed by atoms with Gasteiger partial charge < -0.3 is 10.6 Å². The van der Waals surface area contributed by atoms with Gasteiger partial charge in [0.25, 0.3) is 0 Å². The average Bonchev–Trinajstić information content (AvgIpc) is 2.86. The zero-order chi connectivity index (χ0) is 15.3. The van der Waals surface area contributed by atoms with Crippen molar-refractivity contribution in [1.82, 2.24) is 9.80 Å². The molecule has 2 heterocycles. The number of rotatable bonds is 4. The number of nitrogens with zero attached hydrogens (tertiary/aromatic N) is 2. The fraction of sp³-hybridized carbons (Fsp3) is 1.00. The quantitative estimate of drug-likeness (QED) is 0.865. The van der Waals surface area contributed by atoms with Crippen LogP contribution in [-0.4, -0.2) is 54.1 Å². The highest BCUT2D eigenvalue weighted by Gasteiger charge is 2.37. The van der Waals surface area contributed by atoms with E-state index in [0.717, 1.165) is 12.5 Å². The van der Waals surface area contributed by atoms with E-state index in [1.807, 2.05) is 0 Å². The van der Waals surface area contributed by atoms with E-state index in [2.05, 4.69) is 30.6 Å². The highest BCUT2D eigenvalue weighted by Crippen LogP contribution is 2.32. The highest BCUT2D eigenvalue weighted by atomic mass is 15.2. The van der Waals surface area contributed by atoms with Gasteiger partial charge in [-0.25, -0.2) is 0 Å². The maximum absolute atomic E-state index is 6.32. The summed E-state index contributed by atoms with van der Waals surface area (Å²) < 4.78 is 0. The molecule has 0 aliphatic carbocycles. The van der Waals surface area contributed by atoms with Gasteiger partial charge in [0.2, 0.25) is 0 Å². The van der Waals surface area contributed by atoms with E-state index in [1.54, 1.807) is 0 Å². The summed E-state index contributed by atoms with van der Waals surface area (Å²) in [5.74, 6) is 0.947. The first kappa shape index (κ1) is 17.2. The number of likely N-dealkylation sites (tertiary alicyclic amines) is 2. The SMILES string of the molecule is CCC1CCCN(C2(CN)CCCN(C(C)C)CC2)CC1. The molecule has 2 rings (SSSR count). The maximum atomic E-state index is 6.32. The van der Waals surface area contributed by atoms with Gasteiger partial charge in [-0.1, -0.05) is 13.3 Å². The number of hydrogen-bond acceptors (Lipinski definition) is 3. The normalized spacial score (nSPS) is 33.9. The first-order chi connectivity index (χ1) is 10.1. The summed E-state index contributed by atoms with van der Waals surface area (Å²) in [4.78, 5) is 5.43. The second-order valence-electron chi connectivity index (χ2n) is 7.60. The van der Waals surface area contributed by atoms with Gasteiger partial charge in [-0.05, 0) is 77.9 Å². The molecule has 2 aliphatic rings. The van der Waals surface area contributed by atoms with Gasteiger partial charge in [0.1, 0.15) is 0 Å². The first-order valence-corrected chi connectivity index (χ1v) is 9.30. The van der Waals surface area contributed by atoms with Crippen LogP contribution in [0, 0.1) is 5.92 Å². The van der Waals surface area contributed by atoms with Crippen LogP contribution in [0.5, 0.6) is 0 Å². The first-order valence-electron chi connectivity index (χ1n) is 9.30. The summed E-state index contributed by atoms with van der Waals surface area (Å²) in [5, 5.41) is 0. The molecule has 0 aromatic heterocycles. The lowest BCUT2D eigenvalue weighted by atomic mass is 9.88. The second-order valence-corrected chi connectivity index (χ2v) is 7.60. The van der Waals surface area contributed by atoms with Crippen LogP contribution >= 0.6 is 0 Å². The standard InChI is InChI=1S/C18H37N3/c1-4-17-7-5-12-21(13-8-17)18(15-19)9-6-11-20(14-10-18)16(2)3/h16-17H,4-15,19H2,1-3H3. The largest absolute Gasteiger partial charge is 0.329 e. The Bertz CT molecular complexity index is 305. The minimum Gasteiger partial charge on any atom is -0.329 e. The molecule has 0 spiro atoms. The molecule has 2 unspecified atom stereocenters. The summed E-state index contributed by atoms with van der Waals surface area (Å²) >= 11 is 0. The molecule has 2 aliphatic heterocycles. The van der Waals surface area contributed by atoms with Gasteiger partial charge >= 0.3 is 0 Å². The van der Waals surface area contributed by atoms with Crippen molar-refractivity contribution in [1.29, 1.82) is 0 Å². The summed E-state index contributed by atoms with van der Waals surface area (Å²) in [6.45, 7) is 12.9. The van der Waals surface area contributed by atoms with Crippen molar-refractivity contribution in [3.05, 3.63) is 0 Å². The van der Waals surface area contributed by atoms with E-state index in [0.29, 0.717) is 6.04 Å². The summed E-state index contributed by atoms with van der Waals surface area (Å²) in [5.41, 5.74) is 6.60. The summed E-state index contributed by atoms with van der Waals surface area (Å²) in [7, 11) is 0. The molecule has 0 bridgehead atoms. The molecule has 124 valence electrons. The molecule has 2 fully saturated rings. The van der Waals surface area contributed by atoms with Crippen LogP contribution < -0.4 is 5.73 Å². The smallest absolute Gasteiger partial charge is 0.0344 e. The molecule has 0 radical (unpaired) electrons. The molecule has 3 nitrogen and oxygen atoms in total. The van der Waals surface area contributed by atoms with Crippen molar-refractivity contribution in [3.63, 3.8) is 0 Å². The van der Waals surface area contributed by atoms with Crippen LogP contribution in [0.1, 0.15) is 65.7 Å². The van der Waals surface area contributed by atoms with Crippen molar-refractivity contribution >= 4 is 0 Å². The van der Waals surface area contributed by atoms with Gasteiger partial charge in [-0.15, -0.1) is 0 Å². The van der Waals surface area contributed by atoms with Crippen molar-refractivity contribution in [2.45, 2.75) is 77.3 Å². The van der Waals surface area contributed by atoms with Gasteiger partial charge in [-0.3, -0.25) is 4.90 Å². The zero-order valence-electron chi connectivity index (χ0n) is 14.6. The van der Waals surface area contributed by atoms with Gasteiger partial charge in [-0.2, -0.15) is 0 Å². The lowest BCUT2D eigenvalue weighted by Gasteiger charge is -2.43. The monoisotopic (exact) mass is 295 g/mol. The molecule has 21 heavy (non-hydrogen) atoms. The molecule has 2 saturated heterocycles. The lowest BCUT2D eigenvalue weighted by Crippen LogP contribution is -2.54. The third kappa shape index (κ3) is 4.20. The molecule has 3 heteroatoms. The lowest BCUT2D eigenvalue weighted by molar-refractivity contribution is 0.0789. The molecular formula is C18H37N3. The average molecular weight is 296 g/mol. The van der Waals surface area contributed by atoms with Crippen LogP contribution in [0.3, 0.4) is 0 Å². The predicted octanol–water partition coefficient (Wildman–Crippen LogP) is 3.09. The van der Waals surface area contributed by atoms with Crippen molar-refractivity contribution in [2.24, 2.45) is 11.7 Å². The predicted molar refractivity (Wildman–Crippen MR) is 91.6 cm³/mol. The van der Waals surface area contributed by atoms with E-state index in [-0.39, 0.29) is 5.54 Å². The van der Waals surface area contributed by atoms with E-state index in [9.17, 15) is 0 Å². The maximum Gasteiger partial charge on any atom is 0.0344 e. The van der Waals surface area contributed by atoms with E-state index in [1.165, 1.54) is 71.1 Å². The van der Waals surface area contributed by atoms with E-state index < -0.39 is 0 Å². The third-order valence-electron chi connectivity index (χ3n) is 6.16. The Hall–Kier alpha value is -0.120. The van der Waals surface area contributed by atoms with Crippen LogP contribution in [0.4, 0.5) is 0 Å². The Morgan fingerprint density at radius 3 is 2.52 bits per heavy atom. The number of nitrogens with two attached hydrogens (primary N) is 1. The van der Waals surface area contributed by atoms with Crippen molar-refractivity contribution in [2.75, 3.05) is 32.7 Å². The Labute approximate surface area is 132 Å². The van der Waals surface area contributed by atoms with Crippen LogP contribution in [0.15, 0.2) is 0 Å². The van der Waals surface area contributed by atoms with Gasteiger partial charge in [0.05, 0.1) is 0 Å². The molecule has 2 N–H and O–H groups in total. The van der Waals surface area contributed by atoms with Gasteiger partial charge in [0, 0.05) is 24.7 Å². The van der Waals surface area contributed by atoms with Crippen LogP contribution in [0.2, 0.25) is 0 Å². The van der Waals surface area contributed by atoms with E-state index in [4.69, 9.17) is 5.73 Å². The topological polar surface area (TPSA) is 32.5 Å². The Kier molecular flexibility index (Phi) is 6.51. The molecule has 0 saturated carbocycles. The fourth-order valence-corrected chi connectivity index (χ4v) is 4.41. The van der Waals surface area contributed by atoms with E-state index >= 15 is 0 Å². The summed E-state index contributed by atoms with van der Waals surface area (Å²) in [6, 6.07) is 0.673. The third-order valence-corrected chi connectivity index (χ3v) is 6.16. The molecular weight excluding hydrogens is 258 g/mol. The highest BCUT2D eigenvalue weighted by molar-refractivity contribution is 4.96. The summed E-state index contributed by atoms with van der Waals surface area (Å²) in [6.07, 6.45) is 9.39. The molecule has 0 aromatic carbocycles. The van der Waals surface area contributed by atoms with Crippen LogP contribution in [-0.2, 0) is 0 Å². The second kappa shape index (κ2) is 7.94. The molecule has 2 atom stereocenters. The minimum absolute atomic E-state index is 0.284. The van der Waals surface area contributed by atoms with Crippen molar-refractivity contribution < 1.29 is 0 Å². The van der Waals surface area contributed by atoms with Crippen LogP contribution in [0.25, 0.3) is 0 Å². The Balaban J connectivity index is 2.03. The Morgan fingerprint density at radius 2 is 1.86 bits per heavy atom. The Morgan fingerprint density at radius 1 is 1.05 bits per heavy atom. The number of hydrogen-bond donors (Lipinski definition) is 1. The fourth-order valence-electron chi connectivity index (χ4n) is 4.41. The molecule has 0 amide bonds. The van der Waals surface area contributed by atoms with Crippen molar-refractivity contribution in [3.8, 4) is 0 Å². The molecule has 0 aromatic rings.